The summed E-state index contributed by atoms with van der Waals surface area (Å²) >= 11 is 0. The van der Waals surface area contributed by atoms with Gasteiger partial charge in [0.1, 0.15) is 18.2 Å². The summed E-state index contributed by atoms with van der Waals surface area (Å²) in [6, 6.07) is 4.30. The van der Waals surface area contributed by atoms with Gasteiger partial charge in [-0.3, -0.25) is 14.5 Å². The molecule has 1 saturated heterocycles. The van der Waals surface area contributed by atoms with Gasteiger partial charge in [0, 0.05) is 5.56 Å². The topological polar surface area (TPSA) is 105 Å². The number of ketones is 1. The molecule has 3 atom stereocenters. The minimum Gasteiger partial charge on any atom is -0.493 e. The van der Waals surface area contributed by atoms with E-state index in [4.69, 9.17) is 9.47 Å². The van der Waals surface area contributed by atoms with Crippen LogP contribution in [0.15, 0.2) is 18.2 Å². The highest BCUT2D eigenvalue weighted by molar-refractivity contribution is 6.07. The third-order valence-electron chi connectivity index (χ3n) is 6.02. The number of hydrogen-bond acceptors (Lipinski definition) is 6. The minimum atomic E-state index is -1.07. The number of β-amino-alcohol motifs (C(OH)–C–C–N with tert-alkyl or cyclic N) is 1. The van der Waals surface area contributed by atoms with Gasteiger partial charge in [-0.2, -0.15) is 0 Å². The molecule has 0 unspecified atom stereocenters. The van der Waals surface area contributed by atoms with E-state index in [2.05, 4.69) is 26.1 Å². The van der Waals surface area contributed by atoms with Crippen molar-refractivity contribution < 1.29 is 29.0 Å². The van der Waals surface area contributed by atoms with E-state index in [1.807, 2.05) is 0 Å². The van der Waals surface area contributed by atoms with Gasteiger partial charge >= 0.3 is 6.03 Å². The van der Waals surface area contributed by atoms with Crippen LogP contribution >= 0.6 is 0 Å². The minimum absolute atomic E-state index is 0.0546. The van der Waals surface area contributed by atoms with Crippen LogP contribution in [-0.4, -0.2) is 59.6 Å². The predicted molar refractivity (Wildman–Crippen MR) is 114 cm³/mol. The molecule has 3 amide bonds. The Hall–Kier alpha value is -2.61. The zero-order valence-corrected chi connectivity index (χ0v) is 18.9. The van der Waals surface area contributed by atoms with Crippen molar-refractivity contribution >= 4 is 17.7 Å². The van der Waals surface area contributed by atoms with E-state index >= 15 is 0 Å². The van der Waals surface area contributed by atoms with Crippen molar-refractivity contribution in [1.29, 1.82) is 0 Å². The fraction of sp³-hybridized carbons (Fsp3) is 0.609. The van der Waals surface area contributed by atoms with Crippen molar-refractivity contribution in [2.24, 2.45) is 11.3 Å². The van der Waals surface area contributed by atoms with Crippen molar-refractivity contribution in [3.63, 3.8) is 0 Å². The molecule has 0 aromatic heterocycles. The van der Waals surface area contributed by atoms with E-state index in [0.29, 0.717) is 35.8 Å². The molecule has 2 fully saturated rings. The molecule has 1 aliphatic heterocycles. The number of methoxy groups -OCH3 is 1. The zero-order valence-electron chi connectivity index (χ0n) is 18.9. The maximum absolute atomic E-state index is 13.2. The lowest BCUT2D eigenvalue weighted by atomic mass is 9.64. The number of urea groups is 1. The van der Waals surface area contributed by atoms with Crippen LogP contribution in [0.3, 0.4) is 0 Å². The van der Waals surface area contributed by atoms with Crippen LogP contribution < -0.4 is 14.8 Å². The third-order valence-corrected chi connectivity index (χ3v) is 6.02. The van der Waals surface area contributed by atoms with Crippen LogP contribution in [0, 0.1) is 11.3 Å². The Bertz CT molecular complexity index is 883. The molecule has 1 aromatic carbocycles. The van der Waals surface area contributed by atoms with Crippen LogP contribution in [0.25, 0.3) is 0 Å². The molecule has 1 aromatic rings. The Morgan fingerprint density at radius 1 is 1.29 bits per heavy atom. The lowest BCUT2D eigenvalue weighted by molar-refractivity contribution is -0.135. The van der Waals surface area contributed by atoms with E-state index in [-0.39, 0.29) is 30.3 Å². The average molecular weight is 433 g/mol. The van der Waals surface area contributed by atoms with Gasteiger partial charge in [0.05, 0.1) is 13.7 Å². The first-order chi connectivity index (χ1) is 14.5. The Morgan fingerprint density at radius 3 is 2.61 bits per heavy atom. The molecule has 1 aliphatic carbocycles. The molecule has 8 nitrogen and oxygen atoms in total. The largest absolute Gasteiger partial charge is 0.493 e. The lowest BCUT2D eigenvalue weighted by Gasteiger charge is -2.43. The maximum Gasteiger partial charge on any atom is 0.325 e. The van der Waals surface area contributed by atoms with E-state index in [1.54, 1.807) is 18.2 Å². The molecule has 2 aliphatic rings. The predicted octanol–water partition coefficient (Wildman–Crippen LogP) is 2.77. The number of hydrogen-bond donors (Lipinski definition) is 2. The van der Waals surface area contributed by atoms with E-state index in [9.17, 15) is 19.5 Å². The van der Waals surface area contributed by atoms with Gasteiger partial charge in [0.15, 0.2) is 17.3 Å². The number of carbonyl (C=O) groups is 3. The van der Waals surface area contributed by atoms with Crippen molar-refractivity contribution in [3.8, 4) is 11.5 Å². The van der Waals surface area contributed by atoms with Crippen molar-refractivity contribution in [1.82, 2.24) is 10.2 Å². The fourth-order valence-corrected chi connectivity index (χ4v) is 5.13. The Labute approximate surface area is 182 Å². The summed E-state index contributed by atoms with van der Waals surface area (Å²) in [4.78, 5) is 38.4. The maximum atomic E-state index is 13.2. The first-order valence-corrected chi connectivity index (χ1v) is 10.6. The van der Waals surface area contributed by atoms with Crippen molar-refractivity contribution in [3.05, 3.63) is 23.8 Å². The first-order valence-electron chi connectivity index (χ1n) is 10.6. The molecule has 1 spiro atoms. The number of ether oxygens (including phenoxy) is 2. The Balaban J connectivity index is 1.65. The number of Topliss-reactive ketones (excluding diaryl/α,β-unsaturated/α-hetero) is 1. The molecule has 3 rings (SSSR count). The monoisotopic (exact) mass is 432 g/mol. The normalized spacial score (nSPS) is 26.0. The molecule has 31 heavy (non-hydrogen) atoms. The number of nitrogens with one attached hydrogen (secondary N) is 1. The second-order valence-electron chi connectivity index (χ2n) is 9.67. The average Bonchev–Trinajstić information content (AvgIpc) is 2.87. The van der Waals surface area contributed by atoms with Gasteiger partial charge in [-0.05, 0) is 55.7 Å². The molecule has 2 N–H and O–H groups in total. The van der Waals surface area contributed by atoms with E-state index < -0.39 is 17.7 Å². The highest BCUT2D eigenvalue weighted by Gasteiger charge is 2.56. The number of imide groups is 1. The molecule has 170 valence electrons. The fourth-order valence-electron chi connectivity index (χ4n) is 5.13. The van der Waals surface area contributed by atoms with Gasteiger partial charge < -0.3 is 19.9 Å². The third kappa shape index (κ3) is 4.84. The summed E-state index contributed by atoms with van der Waals surface area (Å²) in [7, 11) is 1.46. The summed E-state index contributed by atoms with van der Waals surface area (Å²) in [5, 5.41) is 13.4. The smallest absolute Gasteiger partial charge is 0.325 e. The number of rotatable bonds is 7. The SMILES string of the molecule is COc1cc(C(C)=O)ccc1OC[C@H](O)CN1C(=O)N[C@]2(C[C@H](C)CC(C)(C)C2)C1=O. The summed E-state index contributed by atoms with van der Waals surface area (Å²) in [6.07, 6.45) is 1.11. The van der Waals surface area contributed by atoms with Crippen LogP contribution in [0.5, 0.6) is 11.5 Å². The first kappa shape index (κ1) is 23.1. The van der Waals surface area contributed by atoms with Gasteiger partial charge in [-0.25, -0.2) is 4.79 Å². The van der Waals surface area contributed by atoms with Gasteiger partial charge in [-0.15, -0.1) is 0 Å². The molecule has 8 heteroatoms. The number of amides is 3. The highest BCUT2D eigenvalue weighted by atomic mass is 16.5. The van der Waals surface area contributed by atoms with E-state index in [0.717, 1.165) is 11.3 Å². The number of benzene rings is 1. The highest BCUT2D eigenvalue weighted by Crippen LogP contribution is 2.46. The quantitative estimate of drug-likeness (QED) is 0.507. The lowest BCUT2D eigenvalue weighted by Crippen LogP contribution is -2.54. The molecule has 1 heterocycles. The van der Waals surface area contributed by atoms with Crippen LogP contribution in [0.1, 0.15) is 57.3 Å². The number of carbonyl (C=O) groups excluding carboxylic acids is 3. The number of aliphatic hydroxyl groups is 1. The van der Waals surface area contributed by atoms with Gasteiger partial charge in [0.25, 0.3) is 5.91 Å². The second-order valence-corrected chi connectivity index (χ2v) is 9.67. The summed E-state index contributed by atoms with van der Waals surface area (Å²) < 4.78 is 10.9. The zero-order chi connectivity index (χ0) is 23.0. The summed E-state index contributed by atoms with van der Waals surface area (Å²) in [5.74, 6) is 0.666. The summed E-state index contributed by atoms with van der Waals surface area (Å²) in [6.45, 7) is 7.48. The van der Waals surface area contributed by atoms with Crippen LogP contribution in [0.2, 0.25) is 0 Å². The van der Waals surface area contributed by atoms with Gasteiger partial charge in [0.2, 0.25) is 0 Å². The number of aliphatic hydroxyl groups excluding tert-OH is 1. The van der Waals surface area contributed by atoms with Gasteiger partial charge in [-0.1, -0.05) is 20.8 Å². The summed E-state index contributed by atoms with van der Waals surface area (Å²) in [5.41, 5.74) is -0.468. The molecule has 0 radical (unpaired) electrons. The molecular weight excluding hydrogens is 400 g/mol. The molecular formula is C23H32N2O6. The van der Waals surface area contributed by atoms with E-state index in [1.165, 1.54) is 14.0 Å². The number of nitrogens with zero attached hydrogens (tertiary/aromatic N) is 1. The second kappa shape index (κ2) is 8.49. The standard InChI is InChI=1S/C23H32N2O6/c1-14-9-22(3,4)13-23(10-14)20(28)25(21(29)24-23)11-17(27)12-31-18-7-6-16(15(2)26)8-19(18)30-5/h6-8,14,17,27H,9-13H2,1-5H3,(H,24,29)/t14-,17-,23+/m1/s1. The van der Waals surface area contributed by atoms with Crippen LogP contribution in [0.4, 0.5) is 4.79 Å². The van der Waals surface area contributed by atoms with Crippen molar-refractivity contribution in [2.75, 3.05) is 20.3 Å². The van der Waals surface area contributed by atoms with Crippen LogP contribution in [-0.2, 0) is 4.79 Å². The van der Waals surface area contributed by atoms with Crippen molar-refractivity contribution in [2.45, 2.75) is 58.6 Å². The Kier molecular flexibility index (Phi) is 6.32. The molecule has 1 saturated carbocycles. The molecule has 0 bridgehead atoms. The Morgan fingerprint density at radius 2 is 2.00 bits per heavy atom.